The van der Waals surface area contributed by atoms with Crippen molar-refractivity contribution in [2.24, 2.45) is 0 Å². The van der Waals surface area contributed by atoms with Gasteiger partial charge in [-0.15, -0.1) is 0 Å². The first-order valence-corrected chi connectivity index (χ1v) is 8.65. The number of aromatic nitrogens is 1. The number of nitrogens with zero attached hydrogens (tertiary/aromatic N) is 1. The molecule has 3 unspecified atom stereocenters. The average Bonchev–Trinajstić information content (AvgIpc) is 2.66. The van der Waals surface area contributed by atoms with Crippen LogP contribution in [0.4, 0.5) is 0 Å². The number of carbonyl (C=O) groups excluding carboxylic acids is 1. The second-order valence-corrected chi connectivity index (χ2v) is 6.59. The topological polar surface area (TPSA) is 88.9 Å². The summed E-state index contributed by atoms with van der Waals surface area (Å²) in [5.74, 6) is 0.0557. The number of aliphatic hydroxyl groups excluding tert-OH is 2. The highest BCUT2D eigenvalue weighted by molar-refractivity contribution is 6.31. The average molecular weight is 378 g/mol. The molecule has 1 aliphatic heterocycles. The van der Waals surface area contributed by atoms with Gasteiger partial charge in [0.2, 0.25) is 5.88 Å². The van der Waals surface area contributed by atoms with Crippen LogP contribution in [0.1, 0.15) is 29.2 Å². The van der Waals surface area contributed by atoms with Crippen molar-refractivity contribution in [2.45, 2.75) is 31.2 Å². The van der Waals surface area contributed by atoms with Crippen LogP contribution in [0.5, 0.6) is 5.88 Å². The first-order valence-electron chi connectivity index (χ1n) is 8.27. The summed E-state index contributed by atoms with van der Waals surface area (Å²) < 4.78 is 10.7. The van der Waals surface area contributed by atoms with E-state index in [0.29, 0.717) is 17.3 Å². The largest absolute Gasteiger partial charge is 0.481 e. The van der Waals surface area contributed by atoms with Gasteiger partial charge in [-0.3, -0.25) is 4.79 Å². The SMILES string of the molecule is COc1ccc(Cc2cc(C3CC(O)C(=O)C(CO)O3)ccc2Cl)cn1. The number of methoxy groups -OCH3 is 1. The van der Waals surface area contributed by atoms with E-state index in [0.717, 1.165) is 16.7 Å². The fraction of sp³-hybridized carbons (Fsp3) is 0.368. The second kappa shape index (κ2) is 8.14. The molecule has 3 atom stereocenters. The van der Waals surface area contributed by atoms with Crippen LogP contribution in [0.25, 0.3) is 0 Å². The molecule has 0 saturated carbocycles. The molecule has 1 fully saturated rings. The molecule has 1 aliphatic rings. The number of ketones is 1. The Kier molecular flexibility index (Phi) is 5.88. The first-order chi connectivity index (χ1) is 12.5. The third kappa shape index (κ3) is 4.04. The molecule has 1 aromatic heterocycles. The van der Waals surface area contributed by atoms with Crippen molar-refractivity contribution in [1.82, 2.24) is 4.98 Å². The van der Waals surface area contributed by atoms with Gasteiger partial charge in [-0.1, -0.05) is 29.8 Å². The van der Waals surface area contributed by atoms with Crippen LogP contribution in [-0.4, -0.2) is 46.9 Å². The number of carbonyl (C=O) groups is 1. The van der Waals surface area contributed by atoms with E-state index in [4.69, 9.17) is 21.1 Å². The number of hydrogen-bond donors (Lipinski definition) is 2. The summed E-state index contributed by atoms with van der Waals surface area (Å²) >= 11 is 6.32. The van der Waals surface area contributed by atoms with Gasteiger partial charge in [0.15, 0.2) is 5.78 Å². The lowest BCUT2D eigenvalue weighted by Crippen LogP contribution is -2.43. The van der Waals surface area contributed by atoms with Crippen molar-refractivity contribution in [3.63, 3.8) is 0 Å². The molecule has 2 heterocycles. The third-order valence-electron chi connectivity index (χ3n) is 4.42. The molecular formula is C19H20ClNO5. The number of aliphatic hydroxyl groups is 2. The Balaban J connectivity index is 1.81. The van der Waals surface area contributed by atoms with E-state index >= 15 is 0 Å². The van der Waals surface area contributed by atoms with Gasteiger partial charge in [-0.05, 0) is 22.8 Å². The normalized spacial score (nSPS) is 23.1. The Labute approximate surface area is 156 Å². The van der Waals surface area contributed by atoms with E-state index < -0.39 is 30.7 Å². The van der Waals surface area contributed by atoms with Crippen LogP contribution in [0.2, 0.25) is 5.02 Å². The molecule has 3 rings (SSSR count). The number of rotatable bonds is 5. The van der Waals surface area contributed by atoms with Gasteiger partial charge in [-0.25, -0.2) is 4.98 Å². The van der Waals surface area contributed by atoms with Crippen molar-refractivity contribution in [3.05, 3.63) is 58.2 Å². The molecule has 7 heteroatoms. The first kappa shape index (κ1) is 18.8. The molecule has 6 nitrogen and oxygen atoms in total. The molecular weight excluding hydrogens is 358 g/mol. The Bertz CT molecular complexity index is 780. The van der Waals surface area contributed by atoms with Crippen molar-refractivity contribution in [3.8, 4) is 5.88 Å². The van der Waals surface area contributed by atoms with Gasteiger partial charge >= 0.3 is 0 Å². The van der Waals surface area contributed by atoms with Crippen LogP contribution < -0.4 is 4.74 Å². The van der Waals surface area contributed by atoms with E-state index in [1.807, 2.05) is 12.1 Å². The van der Waals surface area contributed by atoms with Crippen LogP contribution in [0.3, 0.4) is 0 Å². The quantitative estimate of drug-likeness (QED) is 0.829. The van der Waals surface area contributed by atoms with Gasteiger partial charge in [-0.2, -0.15) is 0 Å². The number of halogens is 1. The zero-order valence-electron chi connectivity index (χ0n) is 14.3. The van der Waals surface area contributed by atoms with Gasteiger partial charge in [0.1, 0.15) is 12.2 Å². The lowest BCUT2D eigenvalue weighted by Gasteiger charge is -2.31. The maximum absolute atomic E-state index is 11.8. The summed E-state index contributed by atoms with van der Waals surface area (Å²) in [6.45, 7) is -0.454. The summed E-state index contributed by atoms with van der Waals surface area (Å²) in [6.07, 6.45) is -0.181. The van der Waals surface area contributed by atoms with E-state index in [2.05, 4.69) is 4.98 Å². The number of ether oxygens (including phenoxy) is 2. The fourth-order valence-electron chi connectivity index (χ4n) is 2.99. The second-order valence-electron chi connectivity index (χ2n) is 6.19. The number of hydrogen-bond acceptors (Lipinski definition) is 6. The fourth-order valence-corrected chi connectivity index (χ4v) is 3.17. The Morgan fingerprint density at radius 3 is 2.81 bits per heavy atom. The summed E-state index contributed by atoms with van der Waals surface area (Å²) in [5.41, 5.74) is 2.65. The van der Waals surface area contributed by atoms with Crippen molar-refractivity contribution in [2.75, 3.05) is 13.7 Å². The summed E-state index contributed by atoms with van der Waals surface area (Å²) in [4.78, 5) is 16.0. The van der Waals surface area contributed by atoms with Crippen molar-refractivity contribution >= 4 is 17.4 Å². The van der Waals surface area contributed by atoms with Gasteiger partial charge in [0.25, 0.3) is 0 Å². The Hall–Kier alpha value is -1.99. The lowest BCUT2D eigenvalue weighted by molar-refractivity contribution is -0.161. The predicted octanol–water partition coefficient (Wildman–Crippen LogP) is 2.09. The molecule has 0 radical (unpaired) electrons. The van der Waals surface area contributed by atoms with Crippen molar-refractivity contribution in [1.29, 1.82) is 0 Å². The molecule has 138 valence electrons. The van der Waals surface area contributed by atoms with Crippen LogP contribution in [-0.2, 0) is 16.0 Å². The van der Waals surface area contributed by atoms with Gasteiger partial charge < -0.3 is 19.7 Å². The van der Waals surface area contributed by atoms with E-state index in [1.54, 1.807) is 31.5 Å². The van der Waals surface area contributed by atoms with Crippen LogP contribution >= 0.6 is 11.6 Å². The Morgan fingerprint density at radius 1 is 1.35 bits per heavy atom. The van der Waals surface area contributed by atoms with E-state index in [9.17, 15) is 15.0 Å². The van der Waals surface area contributed by atoms with E-state index in [-0.39, 0.29) is 6.42 Å². The zero-order valence-corrected chi connectivity index (χ0v) is 15.0. The highest BCUT2D eigenvalue weighted by Crippen LogP contribution is 2.32. The minimum Gasteiger partial charge on any atom is -0.481 e. The van der Waals surface area contributed by atoms with Gasteiger partial charge in [0.05, 0.1) is 19.8 Å². The maximum atomic E-state index is 11.8. The molecule has 1 aromatic carbocycles. The summed E-state index contributed by atoms with van der Waals surface area (Å²) in [6, 6.07) is 9.17. The molecule has 26 heavy (non-hydrogen) atoms. The summed E-state index contributed by atoms with van der Waals surface area (Å²) in [5, 5.41) is 19.8. The molecule has 1 saturated heterocycles. The van der Waals surface area contributed by atoms with Crippen LogP contribution in [0.15, 0.2) is 36.5 Å². The number of benzene rings is 1. The predicted molar refractivity (Wildman–Crippen MR) is 95.4 cm³/mol. The minimum atomic E-state index is -1.14. The number of pyridine rings is 1. The monoisotopic (exact) mass is 377 g/mol. The van der Waals surface area contributed by atoms with Crippen molar-refractivity contribution < 1.29 is 24.5 Å². The standard InChI is InChI=1S/C19H20ClNO5/c1-25-18-5-2-11(9-21-18)6-13-7-12(3-4-14(13)20)16-8-15(23)19(24)17(10-22)26-16/h2-5,7,9,15-17,22-23H,6,8,10H2,1H3. The smallest absolute Gasteiger partial charge is 0.212 e. The van der Waals surface area contributed by atoms with E-state index in [1.165, 1.54) is 0 Å². The highest BCUT2D eigenvalue weighted by atomic mass is 35.5. The lowest BCUT2D eigenvalue weighted by atomic mass is 9.93. The molecule has 0 bridgehead atoms. The van der Waals surface area contributed by atoms with Crippen LogP contribution in [0, 0.1) is 0 Å². The summed E-state index contributed by atoms with van der Waals surface area (Å²) in [7, 11) is 1.56. The molecule has 0 spiro atoms. The van der Waals surface area contributed by atoms with Gasteiger partial charge in [0, 0.05) is 30.1 Å². The Morgan fingerprint density at radius 2 is 2.15 bits per heavy atom. The minimum absolute atomic E-state index is 0.153. The molecule has 2 aromatic rings. The molecule has 0 amide bonds. The maximum Gasteiger partial charge on any atom is 0.212 e. The third-order valence-corrected chi connectivity index (χ3v) is 4.79. The highest BCUT2D eigenvalue weighted by Gasteiger charge is 2.36. The molecule has 0 aliphatic carbocycles. The zero-order chi connectivity index (χ0) is 18.7. The number of Topliss-reactive ketones (excluding diaryl/α,β-unsaturated/α-hetero) is 1. The molecule has 2 N–H and O–H groups in total.